The molecule has 0 saturated heterocycles. The molecule has 1 aromatic heterocycles. The first-order chi connectivity index (χ1) is 17.4. The van der Waals surface area contributed by atoms with Crippen LogP contribution in [0, 0.1) is 5.82 Å². The van der Waals surface area contributed by atoms with Crippen molar-refractivity contribution in [1.29, 1.82) is 0 Å². The second-order valence-electron chi connectivity index (χ2n) is 7.76. The normalized spacial score (nSPS) is 10.7. The molecule has 184 valence electrons. The number of fused-ring (bicyclic) bond motifs is 1. The standard InChI is InChI=1S/C28H25FN2O5/c1-5-31-27(32)21-13-17(9-12-22(21)34-4)19-14-20-24(15-23(19)35-6-2)36-26(25(20)28(33)30-3)16-7-10-18(29)11-8-16/h5,7-15H,1,6H2,2-4H3,(H,30,33)(H,31,32). The van der Waals surface area contributed by atoms with Gasteiger partial charge in [-0.1, -0.05) is 12.6 Å². The molecule has 4 rings (SSSR count). The maximum atomic E-state index is 13.5. The zero-order valence-electron chi connectivity index (χ0n) is 20.1. The number of benzene rings is 3. The van der Waals surface area contributed by atoms with Crippen LogP contribution in [0.5, 0.6) is 11.5 Å². The van der Waals surface area contributed by atoms with Crippen LogP contribution in [0.15, 0.2) is 71.8 Å². The Labute approximate surface area is 207 Å². The van der Waals surface area contributed by atoms with Gasteiger partial charge in [0.2, 0.25) is 0 Å². The molecule has 0 aliphatic carbocycles. The predicted molar refractivity (Wildman–Crippen MR) is 136 cm³/mol. The summed E-state index contributed by atoms with van der Waals surface area (Å²) in [5.41, 5.74) is 2.92. The molecule has 0 aliphatic heterocycles. The van der Waals surface area contributed by atoms with Gasteiger partial charge in [-0.3, -0.25) is 9.59 Å². The van der Waals surface area contributed by atoms with E-state index in [9.17, 15) is 14.0 Å². The van der Waals surface area contributed by atoms with Crippen molar-refractivity contribution >= 4 is 22.8 Å². The van der Waals surface area contributed by atoms with Gasteiger partial charge in [-0.15, -0.1) is 0 Å². The summed E-state index contributed by atoms with van der Waals surface area (Å²) >= 11 is 0. The minimum atomic E-state index is -0.395. The molecule has 0 atom stereocenters. The first kappa shape index (κ1) is 24.5. The van der Waals surface area contributed by atoms with Crippen LogP contribution in [0.4, 0.5) is 4.39 Å². The highest BCUT2D eigenvalue weighted by atomic mass is 19.1. The summed E-state index contributed by atoms with van der Waals surface area (Å²) in [4.78, 5) is 25.6. The van der Waals surface area contributed by atoms with Gasteiger partial charge in [0.05, 0.1) is 24.8 Å². The summed E-state index contributed by atoms with van der Waals surface area (Å²) < 4.78 is 30.9. The molecule has 0 aliphatic rings. The van der Waals surface area contributed by atoms with E-state index in [2.05, 4.69) is 17.2 Å². The van der Waals surface area contributed by atoms with E-state index in [1.54, 1.807) is 42.5 Å². The molecule has 0 saturated carbocycles. The smallest absolute Gasteiger partial charge is 0.258 e. The average Bonchev–Trinajstić information content (AvgIpc) is 3.26. The maximum Gasteiger partial charge on any atom is 0.258 e. The lowest BCUT2D eigenvalue weighted by molar-refractivity contribution is 0.0957. The van der Waals surface area contributed by atoms with E-state index in [0.29, 0.717) is 62.7 Å². The van der Waals surface area contributed by atoms with Crippen LogP contribution in [-0.2, 0) is 0 Å². The van der Waals surface area contributed by atoms with E-state index in [1.165, 1.54) is 32.5 Å². The fourth-order valence-corrected chi connectivity index (χ4v) is 4.00. The van der Waals surface area contributed by atoms with Crippen LogP contribution < -0.4 is 20.1 Å². The highest BCUT2D eigenvalue weighted by molar-refractivity contribution is 6.12. The van der Waals surface area contributed by atoms with Crippen molar-refractivity contribution < 1.29 is 27.9 Å². The van der Waals surface area contributed by atoms with Gasteiger partial charge in [0, 0.05) is 29.6 Å². The molecule has 0 radical (unpaired) electrons. The van der Waals surface area contributed by atoms with E-state index < -0.39 is 5.82 Å². The van der Waals surface area contributed by atoms with Crippen LogP contribution in [0.1, 0.15) is 27.6 Å². The van der Waals surface area contributed by atoms with E-state index in [0.717, 1.165) is 0 Å². The van der Waals surface area contributed by atoms with Crippen molar-refractivity contribution in [2.75, 3.05) is 20.8 Å². The van der Waals surface area contributed by atoms with Crippen molar-refractivity contribution in [3.63, 3.8) is 0 Å². The molecule has 8 heteroatoms. The predicted octanol–water partition coefficient (Wildman–Crippen LogP) is 5.55. The molecule has 0 unspecified atom stereocenters. The lowest BCUT2D eigenvalue weighted by Gasteiger charge is -2.14. The molecule has 7 nitrogen and oxygen atoms in total. The number of halogens is 1. The summed E-state index contributed by atoms with van der Waals surface area (Å²) in [5.74, 6) is 0.0793. The Bertz CT molecular complexity index is 1460. The zero-order chi connectivity index (χ0) is 25.8. The van der Waals surface area contributed by atoms with Crippen molar-refractivity contribution in [1.82, 2.24) is 10.6 Å². The average molecular weight is 489 g/mol. The third-order valence-corrected chi connectivity index (χ3v) is 5.64. The number of hydrogen-bond acceptors (Lipinski definition) is 5. The first-order valence-corrected chi connectivity index (χ1v) is 11.2. The minimum absolute atomic E-state index is 0.307. The lowest BCUT2D eigenvalue weighted by Crippen LogP contribution is -2.18. The number of carbonyl (C=O) groups excluding carboxylic acids is 2. The lowest BCUT2D eigenvalue weighted by atomic mass is 9.97. The van der Waals surface area contributed by atoms with Crippen molar-refractivity contribution in [3.8, 4) is 33.9 Å². The Morgan fingerprint density at radius 3 is 2.39 bits per heavy atom. The van der Waals surface area contributed by atoms with Crippen LogP contribution in [-0.4, -0.2) is 32.6 Å². The van der Waals surface area contributed by atoms with E-state index in [-0.39, 0.29) is 11.8 Å². The fraction of sp³-hybridized carbons (Fsp3) is 0.143. The van der Waals surface area contributed by atoms with E-state index in [4.69, 9.17) is 13.9 Å². The van der Waals surface area contributed by atoms with Gasteiger partial charge in [-0.2, -0.15) is 0 Å². The Hall–Kier alpha value is -4.59. The summed E-state index contributed by atoms with van der Waals surface area (Å²) in [5, 5.41) is 5.75. The molecule has 36 heavy (non-hydrogen) atoms. The fourth-order valence-electron chi connectivity index (χ4n) is 4.00. The highest BCUT2D eigenvalue weighted by Gasteiger charge is 2.24. The van der Waals surface area contributed by atoms with Gasteiger partial charge in [0.25, 0.3) is 11.8 Å². The van der Waals surface area contributed by atoms with Gasteiger partial charge in [-0.25, -0.2) is 4.39 Å². The molecule has 1 heterocycles. The van der Waals surface area contributed by atoms with E-state index >= 15 is 0 Å². The Morgan fingerprint density at radius 2 is 1.75 bits per heavy atom. The van der Waals surface area contributed by atoms with E-state index in [1.807, 2.05) is 6.92 Å². The van der Waals surface area contributed by atoms with Crippen LogP contribution in [0.25, 0.3) is 33.4 Å². The number of carbonyl (C=O) groups is 2. The third-order valence-electron chi connectivity index (χ3n) is 5.64. The number of furan rings is 1. The Balaban J connectivity index is 1.98. The molecule has 0 bridgehead atoms. The van der Waals surface area contributed by atoms with Gasteiger partial charge in [-0.05, 0) is 61.2 Å². The molecule has 0 spiro atoms. The second kappa shape index (κ2) is 10.4. The van der Waals surface area contributed by atoms with Crippen molar-refractivity contribution in [3.05, 3.63) is 84.3 Å². The Kier molecular flexibility index (Phi) is 7.05. The highest BCUT2D eigenvalue weighted by Crippen LogP contribution is 2.41. The Morgan fingerprint density at radius 1 is 1.03 bits per heavy atom. The number of amides is 2. The van der Waals surface area contributed by atoms with Crippen LogP contribution >= 0.6 is 0 Å². The SMILES string of the molecule is C=CNC(=O)c1cc(-c2cc3c(C(=O)NC)c(-c4ccc(F)cc4)oc3cc2OCC)ccc1OC. The van der Waals surface area contributed by atoms with Gasteiger partial charge < -0.3 is 24.5 Å². The number of ether oxygens (including phenoxy) is 2. The molecule has 4 aromatic rings. The zero-order valence-corrected chi connectivity index (χ0v) is 20.1. The maximum absolute atomic E-state index is 13.5. The summed E-state index contributed by atoms with van der Waals surface area (Å²) in [6.45, 7) is 5.77. The number of hydrogen-bond donors (Lipinski definition) is 2. The third kappa shape index (κ3) is 4.53. The molecule has 0 fully saturated rings. The van der Waals surface area contributed by atoms with Gasteiger partial charge in [0.1, 0.15) is 28.7 Å². The van der Waals surface area contributed by atoms with Crippen molar-refractivity contribution in [2.45, 2.75) is 6.92 Å². The monoisotopic (exact) mass is 488 g/mol. The minimum Gasteiger partial charge on any atom is -0.496 e. The molecule has 2 amide bonds. The number of methoxy groups -OCH3 is 1. The number of rotatable bonds is 8. The van der Waals surface area contributed by atoms with Gasteiger partial charge >= 0.3 is 0 Å². The van der Waals surface area contributed by atoms with Crippen LogP contribution in [0.2, 0.25) is 0 Å². The molecule has 3 aromatic carbocycles. The quantitative estimate of drug-likeness (QED) is 0.340. The van der Waals surface area contributed by atoms with Crippen molar-refractivity contribution in [2.24, 2.45) is 0 Å². The summed E-state index contributed by atoms with van der Waals surface area (Å²) in [6.07, 6.45) is 1.30. The summed E-state index contributed by atoms with van der Waals surface area (Å²) in [7, 11) is 3.01. The molecule has 2 N–H and O–H groups in total. The van der Waals surface area contributed by atoms with Crippen LogP contribution in [0.3, 0.4) is 0 Å². The molecular weight excluding hydrogens is 463 g/mol. The van der Waals surface area contributed by atoms with Gasteiger partial charge in [0.15, 0.2) is 0 Å². The topological polar surface area (TPSA) is 89.8 Å². The first-order valence-electron chi connectivity index (χ1n) is 11.2. The number of nitrogens with one attached hydrogen (secondary N) is 2. The molecular formula is C28H25FN2O5. The second-order valence-corrected chi connectivity index (χ2v) is 7.76. The summed E-state index contributed by atoms with van der Waals surface area (Å²) in [6, 6.07) is 14.4. The largest absolute Gasteiger partial charge is 0.496 e.